The number of benzene rings is 1. The first-order valence-corrected chi connectivity index (χ1v) is 5.85. The van der Waals surface area contributed by atoms with Gasteiger partial charge in [-0.15, -0.1) is 0 Å². The number of hydrogen-bond donors (Lipinski definition) is 1. The summed E-state index contributed by atoms with van der Waals surface area (Å²) in [6, 6.07) is 7.33. The zero-order valence-corrected chi connectivity index (χ0v) is 9.86. The smallest absolute Gasteiger partial charge is 0.159 e. The lowest BCUT2D eigenvalue weighted by Crippen LogP contribution is -2.36. The third kappa shape index (κ3) is 1.90. The Morgan fingerprint density at radius 2 is 1.88 bits per heavy atom. The average Bonchev–Trinajstić information content (AvgIpc) is 2.14. The maximum Gasteiger partial charge on any atom is 0.159 e. The molecule has 0 spiro atoms. The zero-order valence-electron chi connectivity index (χ0n) is 9.86. The van der Waals surface area contributed by atoms with Crippen molar-refractivity contribution in [2.75, 3.05) is 0 Å². The van der Waals surface area contributed by atoms with Gasteiger partial charge in [-0.2, -0.15) is 0 Å². The predicted octanol–water partition coefficient (Wildman–Crippen LogP) is 2.90. The summed E-state index contributed by atoms with van der Waals surface area (Å²) in [6.45, 7) is 3.43. The highest BCUT2D eigenvalue weighted by molar-refractivity contribution is 5.94. The number of rotatable bonds is 3. The van der Waals surface area contributed by atoms with E-state index in [-0.39, 0.29) is 5.78 Å². The van der Waals surface area contributed by atoms with Crippen LogP contribution in [0.25, 0.3) is 0 Å². The molecule has 2 heteroatoms. The largest absolute Gasteiger partial charge is 0.385 e. The maximum atomic E-state index is 11.1. The Morgan fingerprint density at radius 1 is 1.31 bits per heavy atom. The van der Waals surface area contributed by atoms with E-state index in [0.29, 0.717) is 11.5 Å². The van der Waals surface area contributed by atoms with E-state index in [2.05, 4.69) is 0 Å². The van der Waals surface area contributed by atoms with Crippen LogP contribution in [-0.2, 0) is 5.60 Å². The van der Waals surface area contributed by atoms with Gasteiger partial charge in [0.15, 0.2) is 5.78 Å². The van der Waals surface area contributed by atoms with Crippen molar-refractivity contribution < 1.29 is 9.90 Å². The van der Waals surface area contributed by atoms with Gasteiger partial charge in [0.05, 0.1) is 5.60 Å². The van der Waals surface area contributed by atoms with Gasteiger partial charge in [-0.05, 0) is 38.2 Å². The van der Waals surface area contributed by atoms with E-state index >= 15 is 0 Å². The van der Waals surface area contributed by atoms with Gasteiger partial charge in [0.1, 0.15) is 0 Å². The molecule has 0 amide bonds. The van der Waals surface area contributed by atoms with Gasteiger partial charge in [0, 0.05) is 5.56 Å². The lowest BCUT2D eigenvalue weighted by molar-refractivity contribution is -0.0399. The molecular formula is C14H18O2. The second-order valence-corrected chi connectivity index (χ2v) is 4.91. The number of carbonyl (C=O) groups is 1. The van der Waals surface area contributed by atoms with Crippen LogP contribution in [0.3, 0.4) is 0 Å². The highest BCUT2D eigenvalue weighted by atomic mass is 16.3. The Labute approximate surface area is 96.3 Å². The van der Waals surface area contributed by atoms with Gasteiger partial charge in [0.2, 0.25) is 0 Å². The quantitative estimate of drug-likeness (QED) is 0.792. The van der Waals surface area contributed by atoms with Crippen molar-refractivity contribution in [1.82, 2.24) is 0 Å². The first-order valence-electron chi connectivity index (χ1n) is 5.85. The monoisotopic (exact) mass is 218 g/mol. The molecule has 0 aromatic heterocycles. The van der Waals surface area contributed by atoms with Crippen molar-refractivity contribution >= 4 is 5.78 Å². The Balaban J connectivity index is 2.23. The molecule has 2 rings (SSSR count). The summed E-state index contributed by atoms with van der Waals surface area (Å²) in [5.41, 5.74) is 0.878. The third-order valence-corrected chi connectivity index (χ3v) is 3.78. The zero-order chi connectivity index (χ0) is 11.8. The molecule has 0 bridgehead atoms. The molecule has 0 radical (unpaired) electrons. The summed E-state index contributed by atoms with van der Waals surface area (Å²) >= 11 is 0. The molecule has 0 saturated heterocycles. The third-order valence-electron chi connectivity index (χ3n) is 3.78. The molecule has 1 aromatic carbocycles. The van der Waals surface area contributed by atoms with Crippen LogP contribution in [0, 0.1) is 5.92 Å². The van der Waals surface area contributed by atoms with E-state index in [9.17, 15) is 9.90 Å². The van der Waals surface area contributed by atoms with E-state index < -0.39 is 5.60 Å². The van der Waals surface area contributed by atoms with E-state index in [4.69, 9.17) is 0 Å². The van der Waals surface area contributed by atoms with Gasteiger partial charge in [0.25, 0.3) is 0 Å². The molecule has 1 aromatic rings. The van der Waals surface area contributed by atoms with Crippen LogP contribution >= 0.6 is 0 Å². The SMILES string of the molecule is CC(=O)c1ccc(C(C)(O)C2CCC2)cc1. The van der Waals surface area contributed by atoms with Crippen molar-refractivity contribution in [2.45, 2.75) is 38.7 Å². The highest BCUT2D eigenvalue weighted by Gasteiger charge is 2.37. The van der Waals surface area contributed by atoms with E-state index in [0.717, 1.165) is 18.4 Å². The van der Waals surface area contributed by atoms with E-state index in [1.54, 1.807) is 19.1 Å². The summed E-state index contributed by atoms with van der Waals surface area (Å²) in [6.07, 6.45) is 3.41. The Bertz CT molecular complexity index is 386. The predicted molar refractivity (Wildman–Crippen MR) is 63.4 cm³/mol. The Morgan fingerprint density at radius 3 is 2.25 bits per heavy atom. The van der Waals surface area contributed by atoms with Crippen LogP contribution in [0.15, 0.2) is 24.3 Å². The van der Waals surface area contributed by atoms with Crippen molar-refractivity contribution in [3.8, 4) is 0 Å². The molecule has 1 saturated carbocycles. The number of hydrogen-bond acceptors (Lipinski definition) is 2. The molecule has 1 aliphatic carbocycles. The van der Waals surface area contributed by atoms with Crippen molar-refractivity contribution in [2.24, 2.45) is 5.92 Å². The highest BCUT2D eigenvalue weighted by Crippen LogP contribution is 2.42. The molecule has 86 valence electrons. The number of carbonyl (C=O) groups excluding carboxylic acids is 1. The Kier molecular flexibility index (Phi) is 2.85. The summed E-state index contributed by atoms with van der Waals surface area (Å²) in [5.74, 6) is 0.436. The summed E-state index contributed by atoms with van der Waals surface area (Å²) in [7, 11) is 0. The molecule has 16 heavy (non-hydrogen) atoms. The second kappa shape index (κ2) is 4.02. The second-order valence-electron chi connectivity index (χ2n) is 4.91. The van der Waals surface area contributed by atoms with Crippen molar-refractivity contribution in [1.29, 1.82) is 0 Å². The van der Waals surface area contributed by atoms with Gasteiger partial charge < -0.3 is 5.11 Å². The Hall–Kier alpha value is -1.15. The van der Waals surface area contributed by atoms with Gasteiger partial charge >= 0.3 is 0 Å². The van der Waals surface area contributed by atoms with Crippen molar-refractivity contribution in [3.05, 3.63) is 35.4 Å². The molecule has 0 aliphatic heterocycles. The lowest BCUT2D eigenvalue weighted by atomic mass is 9.71. The van der Waals surface area contributed by atoms with Gasteiger partial charge in [-0.25, -0.2) is 0 Å². The molecule has 2 nitrogen and oxygen atoms in total. The van der Waals surface area contributed by atoms with E-state index in [1.165, 1.54) is 6.42 Å². The molecule has 1 atom stereocenters. The normalized spacial score (nSPS) is 19.9. The lowest BCUT2D eigenvalue weighted by Gasteiger charge is -2.39. The molecular weight excluding hydrogens is 200 g/mol. The molecule has 1 N–H and O–H groups in total. The van der Waals surface area contributed by atoms with Gasteiger partial charge in [-0.1, -0.05) is 30.7 Å². The molecule has 1 unspecified atom stereocenters. The van der Waals surface area contributed by atoms with Crippen LogP contribution in [0.2, 0.25) is 0 Å². The van der Waals surface area contributed by atoms with Crippen molar-refractivity contribution in [3.63, 3.8) is 0 Å². The number of ketones is 1. The topological polar surface area (TPSA) is 37.3 Å². The fraction of sp³-hybridized carbons (Fsp3) is 0.500. The molecule has 1 aliphatic rings. The van der Waals surface area contributed by atoms with E-state index in [1.807, 2.05) is 19.1 Å². The van der Waals surface area contributed by atoms with Crippen LogP contribution in [-0.4, -0.2) is 10.9 Å². The first-order chi connectivity index (χ1) is 7.51. The standard InChI is InChI=1S/C14H18O2/c1-10(15)11-6-8-13(9-7-11)14(2,16)12-4-3-5-12/h6-9,12,16H,3-5H2,1-2H3. The number of aliphatic hydroxyl groups is 1. The van der Waals surface area contributed by atoms with Gasteiger partial charge in [-0.3, -0.25) is 4.79 Å². The average molecular weight is 218 g/mol. The summed E-state index contributed by atoms with van der Waals surface area (Å²) in [4.78, 5) is 11.1. The van der Waals surface area contributed by atoms with Crippen LogP contribution in [0.1, 0.15) is 49.0 Å². The minimum atomic E-state index is -0.742. The first kappa shape index (κ1) is 11.3. The van der Waals surface area contributed by atoms with Crippen LogP contribution < -0.4 is 0 Å². The molecule has 1 fully saturated rings. The number of Topliss-reactive ketones (excluding diaryl/α,β-unsaturated/α-hetero) is 1. The van der Waals surface area contributed by atoms with Crippen LogP contribution in [0.4, 0.5) is 0 Å². The molecule has 0 heterocycles. The minimum Gasteiger partial charge on any atom is -0.385 e. The van der Waals surface area contributed by atoms with Crippen LogP contribution in [0.5, 0.6) is 0 Å². The maximum absolute atomic E-state index is 11.1. The fourth-order valence-electron chi connectivity index (χ4n) is 2.25. The summed E-state index contributed by atoms with van der Waals surface area (Å²) in [5, 5.41) is 10.5. The fourth-order valence-corrected chi connectivity index (χ4v) is 2.25. The minimum absolute atomic E-state index is 0.0647. The summed E-state index contributed by atoms with van der Waals surface area (Å²) < 4.78 is 0.